The number of benzene rings is 1. The maximum atomic E-state index is 12.8. The number of rotatable bonds is 7. The summed E-state index contributed by atoms with van der Waals surface area (Å²) < 4.78 is 39.0. The molecule has 0 saturated heterocycles. The zero-order valence-electron chi connectivity index (χ0n) is 15.5. The van der Waals surface area contributed by atoms with E-state index in [0.717, 1.165) is 18.6 Å². The van der Waals surface area contributed by atoms with Crippen molar-refractivity contribution in [1.29, 1.82) is 0 Å². The van der Waals surface area contributed by atoms with Gasteiger partial charge in [-0.3, -0.25) is 14.5 Å². The highest BCUT2D eigenvalue weighted by Crippen LogP contribution is 2.30. The molecular weight excluding hydrogens is 405 g/mol. The molecule has 3 aromatic rings. The first-order chi connectivity index (χ1) is 13.8. The molecule has 3 rings (SSSR count). The van der Waals surface area contributed by atoms with Gasteiger partial charge in [0.05, 0.1) is 24.2 Å². The molecule has 0 spiro atoms. The molecule has 2 heterocycles. The summed E-state index contributed by atoms with van der Waals surface area (Å²) in [5.41, 5.74) is -0.387. The number of carbonyl (C=O) groups excluding carboxylic acids is 1. The Morgan fingerprint density at radius 2 is 2.10 bits per heavy atom. The molecular formula is C19H19F3N4O2S. The maximum absolute atomic E-state index is 12.8. The Morgan fingerprint density at radius 1 is 1.31 bits per heavy atom. The Bertz CT molecular complexity index is 1060. The second-order valence-electron chi connectivity index (χ2n) is 6.48. The van der Waals surface area contributed by atoms with Crippen molar-refractivity contribution in [3.05, 3.63) is 57.5 Å². The molecule has 2 N–H and O–H groups in total. The molecule has 0 aliphatic heterocycles. The number of anilines is 1. The number of fused-ring (bicyclic) bond motifs is 1. The van der Waals surface area contributed by atoms with Gasteiger partial charge in [0.1, 0.15) is 10.5 Å². The zero-order valence-corrected chi connectivity index (χ0v) is 16.4. The molecule has 0 aliphatic carbocycles. The largest absolute Gasteiger partial charge is 0.416 e. The molecule has 0 radical (unpaired) electrons. The van der Waals surface area contributed by atoms with E-state index in [-0.39, 0.29) is 24.3 Å². The van der Waals surface area contributed by atoms with Gasteiger partial charge in [-0.15, -0.1) is 11.3 Å². The van der Waals surface area contributed by atoms with Gasteiger partial charge in [0, 0.05) is 5.69 Å². The lowest BCUT2D eigenvalue weighted by Crippen LogP contribution is -2.34. The van der Waals surface area contributed by atoms with Crippen molar-refractivity contribution >= 4 is 33.1 Å². The third-order valence-corrected chi connectivity index (χ3v) is 5.02. The van der Waals surface area contributed by atoms with E-state index < -0.39 is 17.6 Å². The lowest BCUT2D eigenvalue weighted by Gasteiger charge is -2.20. The summed E-state index contributed by atoms with van der Waals surface area (Å²) in [6.07, 6.45) is -3.73. The summed E-state index contributed by atoms with van der Waals surface area (Å²) in [4.78, 5) is 33.4. The van der Waals surface area contributed by atoms with E-state index in [2.05, 4.69) is 15.3 Å². The average Bonchev–Trinajstić information content (AvgIpc) is 3.10. The van der Waals surface area contributed by atoms with Crippen LogP contribution in [0.4, 0.5) is 18.9 Å². The summed E-state index contributed by atoms with van der Waals surface area (Å²) in [6, 6.07) is 6.24. The van der Waals surface area contributed by atoms with Crippen molar-refractivity contribution in [3.63, 3.8) is 0 Å². The van der Waals surface area contributed by atoms with Gasteiger partial charge in [0.15, 0.2) is 0 Å². The number of nitrogens with one attached hydrogen (secondary N) is 2. The number of aromatic amines is 1. The highest BCUT2D eigenvalue weighted by atomic mass is 32.1. The van der Waals surface area contributed by atoms with E-state index in [9.17, 15) is 22.8 Å². The quantitative estimate of drug-likeness (QED) is 0.604. The van der Waals surface area contributed by atoms with Crippen LogP contribution >= 0.6 is 11.3 Å². The molecule has 0 unspecified atom stereocenters. The number of nitrogens with zero attached hydrogens (tertiary/aromatic N) is 2. The van der Waals surface area contributed by atoms with Crippen LogP contribution in [0.1, 0.15) is 24.7 Å². The Labute approximate surface area is 168 Å². The van der Waals surface area contributed by atoms with Crippen molar-refractivity contribution in [2.45, 2.75) is 26.1 Å². The van der Waals surface area contributed by atoms with Gasteiger partial charge >= 0.3 is 6.18 Å². The summed E-state index contributed by atoms with van der Waals surface area (Å²) in [5, 5.41) is 4.28. The Hall–Kier alpha value is -2.72. The third kappa shape index (κ3) is 5.42. The molecule has 1 aromatic carbocycles. The van der Waals surface area contributed by atoms with Crippen LogP contribution < -0.4 is 10.9 Å². The summed E-state index contributed by atoms with van der Waals surface area (Å²) in [7, 11) is 0. The molecule has 29 heavy (non-hydrogen) atoms. The smallest absolute Gasteiger partial charge is 0.325 e. The monoisotopic (exact) mass is 424 g/mol. The number of H-pyrrole nitrogens is 1. The van der Waals surface area contributed by atoms with Gasteiger partial charge in [0.2, 0.25) is 5.91 Å². The highest BCUT2D eigenvalue weighted by Gasteiger charge is 2.30. The third-order valence-electron chi connectivity index (χ3n) is 4.12. The van der Waals surface area contributed by atoms with Crippen LogP contribution in [0.15, 0.2) is 40.5 Å². The first-order valence-electron chi connectivity index (χ1n) is 8.92. The molecule has 10 heteroatoms. The topological polar surface area (TPSA) is 78.1 Å². The molecule has 1 amide bonds. The van der Waals surface area contributed by atoms with Gasteiger partial charge < -0.3 is 10.3 Å². The molecule has 0 fully saturated rings. The van der Waals surface area contributed by atoms with Crippen LogP contribution in [0.25, 0.3) is 10.2 Å². The predicted octanol–water partition coefficient (Wildman–Crippen LogP) is 3.85. The lowest BCUT2D eigenvalue weighted by molar-refractivity contribution is -0.137. The molecule has 2 aromatic heterocycles. The van der Waals surface area contributed by atoms with Crippen LogP contribution in [0.2, 0.25) is 0 Å². The van der Waals surface area contributed by atoms with E-state index >= 15 is 0 Å². The van der Waals surface area contributed by atoms with Crippen LogP contribution in [0, 0.1) is 0 Å². The van der Waals surface area contributed by atoms with Crippen LogP contribution in [0.3, 0.4) is 0 Å². The summed E-state index contributed by atoms with van der Waals surface area (Å²) in [5.74, 6) is -0.0158. The molecule has 154 valence electrons. The number of thiophene rings is 1. The molecule has 0 aliphatic rings. The van der Waals surface area contributed by atoms with Crippen molar-refractivity contribution < 1.29 is 18.0 Å². The summed E-state index contributed by atoms with van der Waals surface area (Å²) >= 11 is 1.30. The Balaban J connectivity index is 1.69. The van der Waals surface area contributed by atoms with Gasteiger partial charge in [0.25, 0.3) is 5.56 Å². The van der Waals surface area contributed by atoms with E-state index in [1.54, 1.807) is 16.3 Å². The van der Waals surface area contributed by atoms with Crippen LogP contribution in [-0.2, 0) is 17.5 Å². The molecule has 6 nitrogen and oxygen atoms in total. The van der Waals surface area contributed by atoms with E-state index in [0.29, 0.717) is 22.6 Å². The fourth-order valence-electron chi connectivity index (χ4n) is 2.92. The van der Waals surface area contributed by atoms with Crippen molar-refractivity contribution in [1.82, 2.24) is 14.9 Å². The number of aromatic nitrogens is 2. The highest BCUT2D eigenvalue weighted by molar-refractivity contribution is 7.17. The fraction of sp³-hybridized carbons (Fsp3) is 0.316. The molecule has 0 bridgehead atoms. The number of halogens is 3. The first-order valence-corrected chi connectivity index (χ1v) is 9.80. The molecule has 0 saturated carbocycles. The van der Waals surface area contributed by atoms with Crippen molar-refractivity contribution in [2.75, 3.05) is 18.4 Å². The van der Waals surface area contributed by atoms with Crippen LogP contribution in [0.5, 0.6) is 0 Å². The standard InChI is InChI=1S/C19H19F3N4O2S/c1-2-7-26(10-15-24-14-6-8-29-17(14)18(28)25-15)11-16(27)23-13-5-3-4-12(9-13)19(20,21)22/h3-6,8-9H,2,7,10-11H2,1H3,(H,23,27)(H,24,25,28). The van der Waals surface area contributed by atoms with E-state index in [4.69, 9.17) is 0 Å². The maximum Gasteiger partial charge on any atom is 0.416 e. The zero-order chi connectivity index (χ0) is 21.0. The number of amides is 1. The second-order valence-corrected chi connectivity index (χ2v) is 7.40. The number of hydrogen-bond donors (Lipinski definition) is 2. The second kappa shape index (κ2) is 8.75. The van der Waals surface area contributed by atoms with E-state index in [1.165, 1.54) is 23.5 Å². The van der Waals surface area contributed by atoms with Gasteiger partial charge in [-0.05, 0) is 42.6 Å². The average molecular weight is 424 g/mol. The van der Waals surface area contributed by atoms with Gasteiger partial charge in [-0.1, -0.05) is 13.0 Å². The minimum Gasteiger partial charge on any atom is -0.325 e. The number of alkyl halides is 3. The Morgan fingerprint density at radius 3 is 2.83 bits per heavy atom. The SMILES string of the molecule is CCCN(CC(=O)Nc1cccc(C(F)(F)F)c1)Cc1nc2ccsc2c(=O)[nH]1. The van der Waals surface area contributed by atoms with Gasteiger partial charge in [-0.25, -0.2) is 4.98 Å². The first kappa shape index (κ1) is 21.0. The van der Waals surface area contributed by atoms with Crippen LogP contribution in [-0.4, -0.2) is 33.9 Å². The Kier molecular flexibility index (Phi) is 6.33. The fourth-order valence-corrected chi connectivity index (χ4v) is 3.64. The summed E-state index contributed by atoms with van der Waals surface area (Å²) in [6.45, 7) is 2.69. The minimum atomic E-state index is -4.48. The predicted molar refractivity (Wildman–Crippen MR) is 106 cm³/mol. The lowest BCUT2D eigenvalue weighted by atomic mass is 10.2. The molecule has 0 atom stereocenters. The normalized spacial score (nSPS) is 11.9. The van der Waals surface area contributed by atoms with Gasteiger partial charge in [-0.2, -0.15) is 13.2 Å². The number of carbonyl (C=O) groups is 1. The minimum absolute atomic E-state index is 0.0462. The van der Waals surface area contributed by atoms with Crippen molar-refractivity contribution in [3.8, 4) is 0 Å². The van der Waals surface area contributed by atoms with E-state index in [1.807, 2.05) is 6.92 Å². The van der Waals surface area contributed by atoms with Crippen molar-refractivity contribution in [2.24, 2.45) is 0 Å². The number of hydrogen-bond acceptors (Lipinski definition) is 5.